The molecule has 0 radical (unpaired) electrons. The molecule has 9 nitrogen and oxygen atoms in total. The van der Waals surface area contributed by atoms with Gasteiger partial charge in [-0.05, 0) is 35.9 Å². The van der Waals surface area contributed by atoms with E-state index in [-0.39, 0.29) is 28.7 Å². The molecule has 0 atom stereocenters. The van der Waals surface area contributed by atoms with Gasteiger partial charge < -0.3 is 15.3 Å². The molecule has 1 heterocycles. The van der Waals surface area contributed by atoms with Crippen LogP contribution in [0.1, 0.15) is 16.2 Å². The minimum atomic E-state index is -1.39. The highest BCUT2D eigenvalue weighted by molar-refractivity contribution is 6.30. The fourth-order valence-corrected chi connectivity index (χ4v) is 2.59. The Bertz CT molecular complexity index is 1070. The van der Waals surface area contributed by atoms with Gasteiger partial charge in [0.1, 0.15) is 12.4 Å². The molecule has 0 bridgehead atoms. The Morgan fingerprint density at radius 1 is 1.24 bits per heavy atom. The highest BCUT2D eigenvalue weighted by Crippen LogP contribution is 2.22. The Balaban J connectivity index is 1.75. The van der Waals surface area contributed by atoms with Gasteiger partial charge >= 0.3 is 5.97 Å². The van der Waals surface area contributed by atoms with E-state index >= 15 is 0 Å². The third kappa shape index (κ3) is 4.86. The van der Waals surface area contributed by atoms with Crippen molar-refractivity contribution in [1.29, 1.82) is 0 Å². The maximum absolute atomic E-state index is 13.7. The zero-order valence-electron chi connectivity index (χ0n) is 14.7. The molecule has 150 valence electrons. The van der Waals surface area contributed by atoms with E-state index in [0.717, 1.165) is 10.7 Å². The number of amides is 1. The highest BCUT2D eigenvalue weighted by Gasteiger charge is 2.20. The number of halogens is 2. The predicted molar refractivity (Wildman–Crippen MR) is 98.9 cm³/mol. The van der Waals surface area contributed by atoms with E-state index in [9.17, 15) is 19.1 Å². The Kier molecular flexibility index (Phi) is 6.05. The van der Waals surface area contributed by atoms with Gasteiger partial charge in [-0.25, -0.2) is 24.1 Å². The zero-order valence-corrected chi connectivity index (χ0v) is 15.4. The van der Waals surface area contributed by atoms with E-state index in [1.54, 1.807) is 12.1 Å². The number of carbonyl (C=O) groups excluding carboxylic acids is 1. The van der Waals surface area contributed by atoms with Crippen molar-refractivity contribution in [3.8, 4) is 17.1 Å². The molecule has 2 aromatic carbocycles. The average molecular weight is 421 g/mol. The Labute approximate surface area is 168 Å². The standard InChI is InChI=1S/C18H14ClFN4O5/c19-13-5-4-11(7-14(13)20)16-22-17(18(26)27)24(23-16)9-15(25)21-8-10-2-1-3-12(6-10)29-28/h1-7,28H,8-9H2,(H,21,25)(H,26,27). The summed E-state index contributed by atoms with van der Waals surface area (Å²) in [7, 11) is 0. The van der Waals surface area contributed by atoms with Gasteiger partial charge in [0, 0.05) is 12.1 Å². The van der Waals surface area contributed by atoms with Crippen LogP contribution in [0.2, 0.25) is 5.02 Å². The number of carboxylic acid groups (broad SMARTS) is 1. The Morgan fingerprint density at radius 2 is 2.03 bits per heavy atom. The largest absolute Gasteiger partial charge is 0.475 e. The molecule has 3 N–H and O–H groups in total. The molecule has 0 unspecified atom stereocenters. The molecule has 3 rings (SSSR count). The third-order valence-corrected chi connectivity index (χ3v) is 4.13. The topological polar surface area (TPSA) is 127 Å². The fraction of sp³-hybridized carbons (Fsp3) is 0.111. The van der Waals surface area contributed by atoms with Crippen molar-refractivity contribution < 1.29 is 29.2 Å². The third-order valence-electron chi connectivity index (χ3n) is 3.83. The van der Waals surface area contributed by atoms with Gasteiger partial charge in [0.2, 0.25) is 11.7 Å². The maximum Gasteiger partial charge on any atom is 0.373 e. The number of aromatic nitrogens is 3. The van der Waals surface area contributed by atoms with Crippen LogP contribution < -0.4 is 10.2 Å². The van der Waals surface area contributed by atoms with Crippen molar-refractivity contribution in [2.75, 3.05) is 0 Å². The summed E-state index contributed by atoms with van der Waals surface area (Å²) in [4.78, 5) is 31.6. The number of carbonyl (C=O) groups is 2. The van der Waals surface area contributed by atoms with Gasteiger partial charge in [0.05, 0.1) is 5.02 Å². The SMILES string of the molecule is O=C(Cn1nc(-c2ccc(Cl)c(F)c2)nc1C(=O)O)NCc1cccc(OO)c1. The van der Waals surface area contributed by atoms with E-state index in [2.05, 4.69) is 20.3 Å². The fourth-order valence-electron chi connectivity index (χ4n) is 2.47. The highest BCUT2D eigenvalue weighted by atomic mass is 35.5. The monoisotopic (exact) mass is 420 g/mol. The molecule has 0 aliphatic rings. The smallest absolute Gasteiger partial charge is 0.373 e. The van der Waals surface area contributed by atoms with Crippen molar-refractivity contribution in [2.24, 2.45) is 0 Å². The molecule has 1 aromatic heterocycles. The minimum absolute atomic E-state index is 0.0569. The number of nitrogens with one attached hydrogen (secondary N) is 1. The van der Waals surface area contributed by atoms with Crippen LogP contribution in [0, 0.1) is 5.82 Å². The lowest BCUT2D eigenvalue weighted by atomic mass is 10.2. The molecule has 0 aliphatic carbocycles. The predicted octanol–water partition coefficient (Wildman–Crippen LogP) is 2.60. The molecule has 0 saturated heterocycles. The molecule has 11 heteroatoms. The number of hydrogen-bond acceptors (Lipinski definition) is 6. The second-order valence-corrected chi connectivity index (χ2v) is 6.27. The number of aromatic carboxylic acids is 1. The lowest BCUT2D eigenvalue weighted by Crippen LogP contribution is -2.29. The molecule has 0 aliphatic heterocycles. The van der Waals surface area contributed by atoms with Crippen LogP contribution >= 0.6 is 11.6 Å². The quantitative estimate of drug-likeness (QED) is 0.396. The second-order valence-electron chi connectivity index (χ2n) is 5.87. The van der Waals surface area contributed by atoms with Crippen LogP contribution in [0.25, 0.3) is 11.4 Å². The van der Waals surface area contributed by atoms with E-state index < -0.39 is 30.1 Å². The van der Waals surface area contributed by atoms with Crippen molar-refractivity contribution in [2.45, 2.75) is 13.1 Å². The minimum Gasteiger partial charge on any atom is -0.475 e. The van der Waals surface area contributed by atoms with Crippen molar-refractivity contribution in [1.82, 2.24) is 20.1 Å². The lowest BCUT2D eigenvalue weighted by Gasteiger charge is -2.07. The van der Waals surface area contributed by atoms with Gasteiger partial charge in [0.25, 0.3) is 0 Å². The summed E-state index contributed by atoms with van der Waals surface area (Å²) in [5.41, 5.74) is 0.869. The maximum atomic E-state index is 13.7. The van der Waals surface area contributed by atoms with Crippen molar-refractivity contribution in [3.05, 3.63) is 64.7 Å². The summed E-state index contributed by atoms with van der Waals surface area (Å²) in [5.74, 6) is -2.94. The first kappa shape index (κ1) is 20.2. The molecular formula is C18H14ClFN4O5. The second kappa shape index (κ2) is 8.67. The van der Waals surface area contributed by atoms with Gasteiger partial charge in [-0.2, -0.15) is 0 Å². The van der Waals surface area contributed by atoms with Crippen LogP contribution in [0.15, 0.2) is 42.5 Å². The van der Waals surface area contributed by atoms with Gasteiger partial charge in [-0.15, -0.1) is 5.10 Å². The van der Waals surface area contributed by atoms with Crippen LogP contribution in [0.3, 0.4) is 0 Å². The molecular weight excluding hydrogens is 407 g/mol. The number of nitrogens with zero attached hydrogens (tertiary/aromatic N) is 3. The summed E-state index contributed by atoms with van der Waals surface area (Å²) in [6, 6.07) is 10.2. The number of hydrogen-bond donors (Lipinski definition) is 3. The summed E-state index contributed by atoms with van der Waals surface area (Å²) >= 11 is 5.64. The first-order valence-corrected chi connectivity index (χ1v) is 8.56. The normalized spacial score (nSPS) is 10.6. The molecule has 0 spiro atoms. The number of carboxylic acids is 1. The lowest BCUT2D eigenvalue weighted by molar-refractivity contribution is -0.137. The number of benzene rings is 2. The van der Waals surface area contributed by atoms with Gasteiger partial charge in [0.15, 0.2) is 11.6 Å². The van der Waals surface area contributed by atoms with Crippen LogP contribution in [0.5, 0.6) is 5.75 Å². The summed E-state index contributed by atoms with van der Waals surface area (Å²) < 4.78 is 14.6. The molecule has 29 heavy (non-hydrogen) atoms. The van der Waals surface area contributed by atoms with E-state index in [1.807, 2.05) is 0 Å². The van der Waals surface area contributed by atoms with Crippen molar-refractivity contribution in [3.63, 3.8) is 0 Å². The zero-order chi connectivity index (χ0) is 21.0. The van der Waals surface area contributed by atoms with Gasteiger partial charge in [-0.1, -0.05) is 23.7 Å². The average Bonchev–Trinajstić information content (AvgIpc) is 3.12. The molecule has 3 aromatic rings. The van der Waals surface area contributed by atoms with Gasteiger partial charge in [-0.3, -0.25) is 4.79 Å². The van der Waals surface area contributed by atoms with E-state index in [1.165, 1.54) is 24.3 Å². The number of rotatable bonds is 7. The summed E-state index contributed by atoms with van der Waals surface area (Å²) in [6.07, 6.45) is 0. The summed E-state index contributed by atoms with van der Waals surface area (Å²) in [5, 5.41) is 24.5. The van der Waals surface area contributed by atoms with Crippen LogP contribution in [-0.4, -0.2) is 37.0 Å². The first-order chi connectivity index (χ1) is 13.9. The van der Waals surface area contributed by atoms with Crippen LogP contribution in [-0.2, 0) is 17.9 Å². The van der Waals surface area contributed by atoms with Crippen molar-refractivity contribution >= 4 is 23.5 Å². The molecule has 0 saturated carbocycles. The Hall–Kier alpha value is -3.50. The molecule has 0 fully saturated rings. The van der Waals surface area contributed by atoms with Crippen LogP contribution in [0.4, 0.5) is 4.39 Å². The summed E-state index contributed by atoms with van der Waals surface area (Å²) in [6.45, 7) is -0.302. The Morgan fingerprint density at radius 3 is 2.72 bits per heavy atom. The van der Waals surface area contributed by atoms with E-state index in [0.29, 0.717) is 5.56 Å². The molecule has 1 amide bonds. The first-order valence-electron chi connectivity index (χ1n) is 8.18. The van der Waals surface area contributed by atoms with E-state index in [4.69, 9.17) is 16.9 Å².